The van der Waals surface area contributed by atoms with Crippen molar-refractivity contribution in [3.05, 3.63) is 34.4 Å². The Labute approximate surface area is 176 Å². The molecule has 2 aliphatic rings. The van der Waals surface area contributed by atoms with Crippen LogP contribution < -0.4 is 4.74 Å². The first-order valence-corrected chi connectivity index (χ1v) is 9.52. The van der Waals surface area contributed by atoms with Gasteiger partial charge < -0.3 is 49.6 Å². The topological polar surface area (TPSA) is 201 Å². The van der Waals surface area contributed by atoms with Gasteiger partial charge in [0.1, 0.15) is 42.4 Å². The Morgan fingerprint density at radius 1 is 0.935 bits per heavy atom. The summed E-state index contributed by atoms with van der Waals surface area (Å²) in [5.41, 5.74) is -0.186. The number of aliphatic hydroxyl groups excluding tert-OH is 6. The third-order valence-electron chi connectivity index (χ3n) is 5.22. The van der Waals surface area contributed by atoms with Crippen molar-refractivity contribution < 1.29 is 54.5 Å². The van der Waals surface area contributed by atoms with Gasteiger partial charge in [-0.25, -0.2) is 0 Å². The van der Waals surface area contributed by atoms with Crippen molar-refractivity contribution in [1.82, 2.24) is 0 Å². The van der Waals surface area contributed by atoms with E-state index in [1.165, 1.54) is 31.2 Å². The number of nitrogens with zero attached hydrogens (tertiary/aromatic N) is 1. The fourth-order valence-corrected chi connectivity index (χ4v) is 3.36. The predicted molar refractivity (Wildman–Crippen MR) is 98.7 cm³/mol. The van der Waals surface area contributed by atoms with E-state index in [1.54, 1.807) is 0 Å². The average molecular weight is 447 g/mol. The van der Waals surface area contributed by atoms with E-state index in [0.29, 0.717) is 0 Å². The van der Waals surface area contributed by atoms with Gasteiger partial charge in [-0.15, -0.1) is 0 Å². The summed E-state index contributed by atoms with van der Waals surface area (Å²) >= 11 is 0. The molecule has 6 N–H and O–H groups in total. The van der Waals surface area contributed by atoms with Crippen molar-refractivity contribution in [3.8, 4) is 5.75 Å². The number of aliphatic hydroxyl groups is 6. The molecule has 1 aromatic carbocycles. The lowest BCUT2D eigenvalue weighted by Crippen LogP contribution is -2.64. The van der Waals surface area contributed by atoms with Crippen LogP contribution in [0.25, 0.3) is 0 Å². The number of nitro benzene ring substituents is 1. The zero-order chi connectivity index (χ0) is 22.9. The molecule has 0 unspecified atom stereocenters. The van der Waals surface area contributed by atoms with Gasteiger partial charge in [-0.3, -0.25) is 10.1 Å². The van der Waals surface area contributed by atoms with Gasteiger partial charge in [0.15, 0.2) is 12.4 Å². The van der Waals surface area contributed by atoms with E-state index in [1.807, 2.05) is 0 Å². The molecule has 2 saturated heterocycles. The summed E-state index contributed by atoms with van der Waals surface area (Å²) in [6.07, 6.45) is -14.5. The zero-order valence-corrected chi connectivity index (χ0v) is 16.4. The quantitative estimate of drug-likeness (QED) is 0.200. The molecule has 0 radical (unpaired) electrons. The van der Waals surface area contributed by atoms with E-state index in [0.717, 1.165) is 0 Å². The second-order valence-corrected chi connectivity index (χ2v) is 7.36. The molecular formula is C18H25NO12. The number of ether oxygens (including phenoxy) is 4. The first-order valence-electron chi connectivity index (χ1n) is 9.52. The maximum Gasteiger partial charge on any atom is 0.269 e. The maximum absolute atomic E-state index is 10.8. The van der Waals surface area contributed by atoms with Crippen LogP contribution in [0.5, 0.6) is 5.75 Å². The third kappa shape index (κ3) is 4.95. The van der Waals surface area contributed by atoms with E-state index < -0.39 is 72.9 Å². The van der Waals surface area contributed by atoms with Crippen molar-refractivity contribution in [2.24, 2.45) is 0 Å². The Kier molecular flexibility index (Phi) is 7.41. The highest BCUT2D eigenvalue weighted by atomic mass is 16.8. The molecule has 13 nitrogen and oxygen atoms in total. The molecule has 2 aliphatic heterocycles. The molecule has 174 valence electrons. The Morgan fingerprint density at radius 3 is 2.16 bits per heavy atom. The van der Waals surface area contributed by atoms with Gasteiger partial charge in [-0.2, -0.15) is 0 Å². The molecule has 0 aromatic heterocycles. The number of hydrogen-bond acceptors (Lipinski definition) is 12. The number of benzene rings is 1. The minimum atomic E-state index is -1.69. The molecule has 0 bridgehead atoms. The minimum absolute atomic E-state index is 0.0958. The predicted octanol–water partition coefficient (Wildman–Crippen LogP) is -2.37. The van der Waals surface area contributed by atoms with Crippen molar-refractivity contribution >= 4 is 5.69 Å². The summed E-state index contributed by atoms with van der Waals surface area (Å²) in [7, 11) is 0. The first-order chi connectivity index (χ1) is 14.6. The van der Waals surface area contributed by atoms with Gasteiger partial charge in [-0.05, 0) is 19.1 Å². The van der Waals surface area contributed by atoms with Crippen molar-refractivity contribution in [2.75, 3.05) is 6.61 Å². The minimum Gasteiger partial charge on any atom is -0.462 e. The molecule has 2 fully saturated rings. The third-order valence-corrected chi connectivity index (χ3v) is 5.22. The summed E-state index contributed by atoms with van der Waals surface area (Å²) < 4.78 is 22.0. The van der Waals surface area contributed by atoms with E-state index in [-0.39, 0.29) is 11.4 Å². The van der Waals surface area contributed by atoms with Crippen LogP contribution in [0.2, 0.25) is 0 Å². The van der Waals surface area contributed by atoms with Crippen LogP contribution in [0.1, 0.15) is 6.92 Å². The Bertz CT molecular complexity index is 748. The zero-order valence-electron chi connectivity index (χ0n) is 16.4. The van der Waals surface area contributed by atoms with Gasteiger partial charge in [0.2, 0.25) is 6.29 Å². The fourth-order valence-electron chi connectivity index (χ4n) is 3.36. The highest BCUT2D eigenvalue weighted by Crippen LogP contribution is 2.31. The maximum atomic E-state index is 10.8. The molecule has 0 saturated carbocycles. The monoisotopic (exact) mass is 447 g/mol. The summed E-state index contributed by atoms with van der Waals surface area (Å²) in [5.74, 6) is 0.0958. The summed E-state index contributed by atoms with van der Waals surface area (Å²) in [5, 5.41) is 70.9. The second kappa shape index (κ2) is 9.68. The van der Waals surface area contributed by atoms with Gasteiger partial charge in [0.05, 0.1) is 17.6 Å². The highest BCUT2D eigenvalue weighted by molar-refractivity contribution is 5.36. The standard InChI is InChI=1S/C18H25NO12/c1-7-11(21)13(23)15(25)17(28-7)31-16-14(24)12(22)10(6-20)30-18(16)29-9-4-2-8(3-5-9)19(26)27/h2-5,7,10-18,20-25H,6H2,1H3/t7-,10+,11+,12-,13+,14-,15-,16+,17-,18-/m0/s1. The van der Waals surface area contributed by atoms with Gasteiger partial charge in [0, 0.05) is 12.1 Å². The molecule has 2 heterocycles. The number of hydrogen-bond donors (Lipinski definition) is 6. The molecule has 13 heteroatoms. The summed E-state index contributed by atoms with van der Waals surface area (Å²) in [6.45, 7) is 0.779. The molecule has 3 rings (SSSR count). The fraction of sp³-hybridized carbons (Fsp3) is 0.667. The van der Waals surface area contributed by atoms with Crippen LogP contribution in [0, 0.1) is 10.1 Å². The SMILES string of the molecule is C[C@@H]1O[C@@H](O[C@H]2[C@@H](Oc3ccc([N+](=O)[O-])cc3)O[C@H](CO)[C@H](O)[C@@H]2O)[C@@H](O)[C@H](O)[C@@H]1O. The summed E-state index contributed by atoms with van der Waals surface area (Å²) in [4.78, 5) is 10.2. The first kappa shape index (κ1) is 23.7. The van der Waals surface area contributed by atoms with E-state index >= 15 is 0 Å². The number of nitro groups is 1. The Hall–Kier alpha value is -1.94. The molecule has 0 amide bonds. The summed E-state index contributed by atoms with van der Waals surface area (Å²) in [6, 6.07) is 4.91. The van der Waals surface area contributed by atoms with Crippen molar-refractivity contribution in [2.45, 2.75) is 68.3 Å². The molecular weight excluding hydrogens is 422 g/mol. The van der Waals surface area contributed by atoms with Crippen LogP contribution in [-0.2, 0) is 14.2 Å². The molecule has 10 atom stereocenters. The highest BCUT2D eigenvalue weighted by Gasteiger charge is 2.50. The van der Waals surface area contributed by atoms with Crippen LogP contribution in [0.15, 0.2) is 24.3 Å². The van der Waals surface area contributed by atoms with Crippen LogP contribution in [0.4, 0.5) is 5.69 Å². The second-order valence-electron chi connectivity index (χ2n) is 7.36. The van der Waals surface area contributed by atoms with Gasteiger partial charge in [-0.1, -0.05) is 0 Å². The number of rotatable bonds is 6. The molecule has 31 heavy (non-hydrogen) atoms. The smallest absolute Gasteiger partial charge is 0.269 e. The lowest BCUT2D eigenvalue weighted by atomic mass is 9.97. The molecule has 1 aromatic rings. The van der Waals surface area contributed by atoms with Crippen molar-refractivity contribution in [3.63, 3.8) is 0 Å². The number of non-ortho nitro benzene ring substituents is 1. The lowest BCUT2D eigenvalue weighted by Gasteiger charge is -2.45. The lowest BCUT2D eigenvalue weighted by molar-refractivity contribution is -0.384. The van der Waals surface area contributed by atoms with Crippen molar-refractivity contribution in [1.29, 1.82) is 0 Å². The van der Waals surface area contributed by atoms with Crippen LogP contribution >= 0.6 is 0 Å². The van der Waals surface area contributed by atoms with Gasteiger partial charge in [0.25, 0.3) is 5.69 Å². The van der Waals surface area contributed by atoms with E-state index in [9.17, 15) is 40.8 Å². The van der Waals surface area contributed by atoms with Gasteiger partial charge >= 0.3 is 0 Å². The largest absolute Gasteiger partial charge is 0.462 e. The molecule has 0 spiro atoms. The van der Waals surface area contributed by atoms with E-state index in [4.69, 9.17) is 18.9 Å². The Morgan fingerprint density at radius 2 is 1.58 bits per heavy atom. The average Bonchev–Trinajstić information content (AvgIpc) is 2.75. The Balaban J connectivity index is 1.81. The van der Waals surface area contributed by atoms with Crippen LogP contribution in [-0.4, -0.2) is 104 Å². The van der Waals surface area contributed by atoms with E-state index in [2.05, 4.69) is 0 Å². The van der Waals surface area contributed by atoms with Crippen LogP contribution in [0.3, 0.4) is 0 Å². The normalized spacial score (nSPS) is 41.0. The molecule has 0 aliphatic carbocycles.